The van der Waals surface area contributed by atoms with Gasteiger partial charge in [0.15, 0.2) is 0 Å². The van der Waals surface area contributed by atoms with Gasteiger partial charge in [-0.15, -0.1) is 0 Å². The molecule has 3 unspecified atom stereocenters. The summed E-state index contributed by atoms with van der Waals surface area (Å²) in [5.41, 5.74) is 1.40. The number of methoxy groups -OCH3 is 1. The lowest BCUT2D eigenvalue weighted by molar-refractivity contribution is 0.372. The summed E-state index contributed by atoms with van der Waals surface area (Å²) >= 11 is 0. The maximum absolute atomic E-state index is 5.18. The molecule has 0 spiro atoms. The quantitative estimate of drug-likeness (QED) is 0.841. The summed E-state index contributed by atoms with van der Waals surface area (Å²) in [5, 5.41) is 3.80. The summed E-state index contributed by atoms with van der Waals surface area (Å²) in [6, 6.07) is 9.78. The molecule has 1 saturated carbocycles. The number of rotatable bonds is 6. The Kier molecular flexibility index (Phi) is 5.26. The second-order valence-electron chi connectivity index (χ2n) is 5.97. The number of nitrogens with one attached hydrogen (secondary N) is 1. The first-order valence-electron chi connectivity index (χ1n) is 7.58. The summed E-state index contributed by atoms with van der Waals surface area (Å²) in [4.78, 5) is 0. The highest BCUT2D eigenvalue weighted by molar-refractivity contribution is 5.27. The van der Waals surface area contributed by atoms with Gasteiger partial charge >= 0.3 is 0 Å². The lowest BCUT2D eigenvalue weighted by Crippen LogP contribution is -2.38. The third-order valence-corrected chi connectivity index (χ3v) is 4.39. The maximum atomic E-state index is 5.18. The van der Waals surface area contributed by atoms with Crippen molar-refractivity contribution in [3.05, 3.63) is 29.8 Å². The molecule has 1 aliphatic carbocycles. The van der Waals surface area contributed by atoms with Crippen molar-refractivity contribution < 1.29 is 4.74 Å². The maximum Gasteiger partial charge on any atom is 0.118 e. The number of benzene rings is 1. The smallest absolute Gasteiger partial charge is 0.118 e. The molecule has 2 nitrogen and oxygen atoms in total. The molecule has 0 radical (unpaired) electrons. The Balaban J connectivity index is 1.74. The summed E-state index contributed by atoms with van der Waals surface area (Å²) in [5.74, 6) is 1.79. The van der Waals surface area contributed by atoms with E-state index in [0.29, 0.717) is 6.04 Å². The third-order valence-electron chi connectivity index (χ3n) is 4.39. The Morgan fingerprint density at radius 3 is 2.58 bits per heavy atom. The summed E-state index contributed by atoms with van der Waals surface area (Å²) < 4.78 is 5.18. The molecular weight excluding hydrogens is 234 g/mol. The molecule has 0 aliphatic heterocycles. The van der Waals surface area contributed by atoms with Crippen molar-refractivity contribution in [2.75, 3.05) is 7.11 Å². The molecule has 0 amide bonds. The van der Waals surface area contributed by atoms with Crippen molar-refractivity contribution in [1.82, 2.24) is 5.32 Å². The number of aryl methyl sites for hydroxylation is 1. The highest BCUT2D eigenvalue weighted by atomic mass is 16.5. The van der Waals surface area contributed by atoms with Crippen LogP contribution < -0.4 is 10.1 Å². The molecule has 0 bridgehead atoms. The normalized spacial score (nSPS) is 24.4. The third kappa shape index (κ3) is 4.24. The number of hydrogen-bond donors (Lipinski definition) is 1. The van der Waals surface area contributed by atoms with Gasteiger partial charge in [-0.1, -0.05) is 25.5 Å². The monoisotopic (exact) mass is 261 g/mol. The van der Waals surface area contributed by atoms with E-state index in [4.69, 9.17) is 4.74 Å². The van der Waals surface area contributed by atoms with E-state index in [9.17, 15) is 0 Å². The highest BCUT2D eigenvalue weighted by Gasteiger charge is 2.23. The van der Waals surface area contributed by atoms with Crippen molar-refractivity contribution >= 4 is 0 Å². The van der Waals surface area contributed by atoms with E-state index in [-0.39, 0.29) is 0 Å². The largest absolute Gasteiger partial charge is 0.497 e. The van der Waals surface area contributed by atoms with Gasteiger partial charge in [-0.05, 0) is 56.2 Å². The van der Waals surface area contributed by atoms with Crippen molar-refractivity contribution in [3.63, 3.8) is 0 Å². The van der Waals surface area contributed by atoms with Crippen LogP contribution in [0.3, 0.4) is 0 Å². The van der Waals surface area contributed by atoms with Crippen molar-refractivity contribution in [3.8, 4) is 5.75 Å². The standard InChI is InChI=1S/C17H27NO/c1-13-5-4-6-17(13)18-14(2)7-8-15-9-11-16(19-3)12-10-15/h9-14,17-18H,4-8H2,1-3H3. The van der Waals surface area contributed by atoms with Crippen LogP contribution in [0.15, 0.2) is 24.3 Å². The van der Waals surface area contributed by atoms with Crippen LogP contribution in [-0.4, -0.2) is 19.2 Å². The molecule has 2 heteroatoms. The zero-order valence-electron chi connectivity index (χ0n) is 12.5. The fourth-order valence-electron chi connectivity index (χ4n) is 3.02. The molecular formula is C17H27NO. The molecule has 0 aromatic heterocycles. The molecule has 106 valence electrons. The van der Waals surface area contributed by atoms with Crippen LogP contribution in [0, 0.1) is 5.92 Å². The molecule has 19 heavy (non-hydrogen) atoms. The molecule has 3 atom stereocenters. The zero-order chi connectivity index (χ0) is 13.7. The fourth-order valence-corrected chi connectivity index (χ4v) is 3.02. The molecule has 1 aliphatic rings. The Labute approximate surface area is 117 Å². The highest BCUT2D eigenvalue weighted by Crippen LogP contribution is 2.25. The van der Waals surface area contributed by atoms with E-state index < -0.39 is 0 Å². The second kappa shape index (κ2) is 6.95. The van der Waals surface area contributed by atoms with Gasteiger partial charge in [0.1, 0.15) is 5.75 Å². The van der Waals surface area contributed by atoms with E-state index in [1.165, 1.54) is 31.2 Å². The van der Waals surface area contributed by atoms with Crippen molar-refractivity contribution in [1.29, 1.82) is 0 Å². The van der Waals surface area contributed by atoms with Gasteiger partial charge in [0.05, 0.1) is 7.11 Å². The van der Waals surface area contributed by atoms with Gasteiger partial charge in [-0.2, -0.15) is 0 Å². The minimum atomic E-state index is 0.604. The minimum Gasteiger partial charge on any atom is -0.497 e. The topological polar surface area (TPSA) is 21.3 Å². The van der Waals surface area contributed by atoms with Crippen LogP contribution in [0.2, 0.25) is 0 Å². The first-order valence-corrected chi connectivity index (χ1v) is 7.58. The van der Waals surface area contributed by atoms with Gasteiger partial charge in [0.25, 0.3) is 0 Å². The summed E-state index contributed by atoms with van der Waals surface area (Å²) in [6.07, 6.45) is 6.48. The molecule has 2 rings (SSSR count). The molecule has 0 saturated heterocycles. The van der Waals surface area contributed by atoms with E-state index in [0.717, 1.165) is 24.1 Å². The second-order valence-corrected chi connectivity index (χ2v) is 5.97. The molecule has 1 aromatic rings. The summed E-state index contributed by atoms with van der Waals surface area (Å²) in [7, 11) is 1.71. The van der Waals surface area contributed by atoms with Gasteiger partial charge in [-0.25, -0.2) is 0 Å². The fraction of sp³-hybridized carbons (Fsp3) is 0.647. The average molecular weight is 261 g/mol. The SMILES string of the molecule is COc1ccc(CCC(C)NC2CCCC2C)cc1. The van der Waals surface area contributed by atoms with Gasteiger partial charge < -0.3 is 10.1 Å². The lowest BCUT2D eigenvalue weighted by Gasteiger charge is -2.22. The van der Waals surface area contributed by atoms with Crippen LogP contribution in [0.1, 0.15) is 45.1 Å². The average Bonchev–Trinajstić information content (AvgIpc) is 2.82. The van der Waals surface area contributed by atoms with Crippen LogP contribution in [0.25, 0.3) is 0 Å². The van der Waals surface area contributed by atoms with E-state index >= 15 is 0 Å². The Morgan fingerprint density at radius 2 is 2.00 bits per heavy atom. The predicted molar refractivity (Wildman–Crippen MR) is 80.7 cm³/mol. The zero-order valence-corrected chi connectivity index (χ0v) is 12.5. The van der Waals surface area contributed by atoms with Crippen LogP contribution >= 0.6 is 0 Å². The Morgan fingerprint density at radius 1 is 1.26 bits per heavy atom. The lowest BCUT2D eigenvalue weighted by atomic mass is 10.0. The first-order chi connectivity index (χ1) is 9.19. The van der Waals surface area contributed by atoms with Gasteiger partial charge in [0.2, 0.25) is 0 Å². The first kappa shape index (κ1) is 14.4. The van der Waals surface area contributed by atoms with E-state index in [1.54, 1.807) is 7.11 Å². The summed E-state index contributed by atoms with van der Waals surface area (Å²) in [6.45, 7) is 4.69. The minimum absolute atomic E-state index is 0.604. The number of ether oxygens (including phenoxy) is 1. The van der Waals surface area contributed by atoms with Gasteiger partial charge in [-0.3, -0.25) is 0 Å². The predicted octanol–water partition coefficient (Wildman–Crippen LogP) is 3.79. The van der Waals surface area contributed by atoms with E-state index in [1.807, 2.05) is 12.1 Å². The van der Waals surface area contributed by atoms with Crippen molar-refractivity contribution in [2.45, 2.75) is 58.0 Å². The molecule has 1 fully saturated rings. The number of hydrogen-bond acceptors (Lipinski definition) is 2. The Hall–Kier alpha value is -1.02. The molecule has 1 aromatic carbocycles. The van der Waals surface area contributed by atoms with Crippen LogP contribution in [0.5, 0.6) is 5.75 Å². The van der Waals surface area contributed by atoms with E-state index in [2.05, 4.69) is 31.3 Å². The van der Waals surface area contributed by atoms with Crippen LogP contribution in [0.4, 0.5) is 0 Å². The van der Waals surface area contributed by atoms with Gasteiger partial charge in [0, 0.05) is 12.1 Å². The Bertz CT molecular complexity index is 373. The molecule has 0 heterocycles. The van der Waals surface area contributed by atoms with Crippen LogP contribution in [-0.2, 0) is 6.42 Å². The molecule has 1 N–H and O–H groups in total. The van der Waals surface area contributed by atoms with Crippen molar-refractivity contribution in [2.24, 2.45) is 5.92 Å².